The van der Waals surface area contributed by atoms with Crippen molar-refractivity contribution in [3.8, 4) is 6.07 Å². The Morgan fingerprint density at radius 3 is 2.75 bits per heavy atom. The summed E-state index contributed by atoms with van der Waals surface area (Å²) in [6.45, 7) is 1.87. The minimum Gasteiger partial charge on any atom is -0.322 e. The van der Waals surface area contributed by atoms with Crippen LogP contribution in [-0.2, 0) is 0 Å². The first kappa shape index (κ1) is 14.6. The largest absolute Gasteiger partial charge is 0.322 e. The second-order valence-corrected chi connectivity index (χ2v) is 5.54. The fourth-order valence-corrected chi connectivity index (χ4v) is 2.25. The number of anilines is 1. The lowest BCUT2D eigenvalue weighted by molar-refractivity contribution is 0.102. The van der Waals surface area contributed by atoms with Crippen LogP contribution >= 0.6 is 27.5 Å². The maximum atomic E-state index is 12.2. The normalized spacial score (nSPS) is 9.90. The first-order chi connectivity index (χ1) is 9.51. The highest BCUT2D eigenvalue weighted by atomic mass is 79.9. The van der Waals surface area contributed by atoms with Crippen LogP contribution in [0.1, 0.15) is 21.5 Å². The van der Waals surface area contributed by atoms with Gasteiger partial charge >= 0.3 is 0 Å². The predicted octanol–water partition coefficient (Wildman–Crippen LogP) is 4.53. The molecule has 0 spiro atoms. The number of halogens is 2. The van der Waals surface area contributed by atoms with Crippen LogP contribution in [0.15, 0.2) is 40.9 Å². The van der Waals surface area contributed by atoms with Crippen LogP contribution in [0.2, 0.25) is 5.02 Å². The molecule has 2 aromatic carbocycles. The number of rotatable bonds is 2. The Morgan fingerprint density at radius 1 is 1.30 bits per heavy atom. The van der Waals surface area contributed by atoms with Gasteiger partial charge in [0, 0.05) is 15.7 Å². The smallest absolute Gasteiger partial charge is 0.255 e. The number of hydrogen-bond acceptors (Lipinski definition) is 2. The maximum Gasteiger partial charge on any atom is 0.255 e. The molecule has 2 aromatic rings. The first-order valence-corrected chi connectivity index (χ1v) is 6.95. The SMILES string of the molecule is Cc1ccc(Br)cc1C(=O)Nc1ccc(Cl)c(C#N)c1. The zero-order valence-corrected chi connectivity index (χ0v) is 12.9. The second kappa shape index (κ2) is 6.08. The molecule has 0 saturated heterocycles. The molecule has 2 rings (SSSR count). The molecule has 0 bridgehead atoms. The van der Waals surface area contributed by atoms with Crippen molar-refractivity contribution < 1.29 is 4.79 Å². The summed E-state index contributed by atoms with van der Waals surface area (Å²) >= 11 is 9.20. The summed E-state index contributed by atoms with van der Waals surface area (Å²) in [4.78, 5) is 12.2. The van der Waals surface area contributed by atoms with E-state index in [4.69, 9.17) is 16.9 Å². The number of carbonyl (C=O) groups is 1. The molecule has 100 valence electrons. The van der Waals surface area contributed by atoms with Crippen molar-refractivity contribution in [2.75, 3.05) is 5.32 Å². The van der Waals surface area contributed by atoms with E-state index < -0.39 is 0 Å². The van der Waals surface area contributed by atoms with Gasteiger partial charge in [-0.1, -0.05) is 33.6 Å². The Morgan fingerprint density at radius 2 is 2.05 bits per heavy atom. The van der Waals surface area contributed by atoms with E-state index in [9.17, 15) is 4.79 Å². The highest BCUT2D eigenvalue weighted by Gasteiger charge is 2.11. The van der Waals surface area contributed by atoms with Gasteiger partial charge in [-0.2, -0.15) is 5.26 Å². The minimum absolute atomic E-state index is 0.227. The van der Waals surface area contributed by atoms with Crippen LogP contribution in [0.3, 0.4) is 0 Å². The van der Waals surface area contributed by atoms with Gasteiger partial charge in [0.1, 0.15) is 6.07 Å². The molecule has 0 aliphatic rings. The number of benzene rings is 2. The summed E-state index contributed by atoms with van der Waals surface area (Å²) in [6.07, 6.45) is 0. The van der Waals surface area contributed by atoms with Crippen molar-refractivity contribution in [1.29, 1.82) is 5.26 Å². The Hall–Kier alpha value is -1.83. The Kier molecular flexibility index (Phi) is 4.43. The van der Waals surface area contributed by atoms with Gasteiger partial charge in [0.25, 0.3) is 5.91 Å². The van der Waals surface area contributed by atoms with Gasteiger partial charge in [-0.05, 0) is 42.8 Å². The average Bonchev–Trinajstić information content (AvgIpc) is 2.43. The molecule has 0 aromatic heterocycles. The van der Waals surface area contributed by atoms with E-state index in [0.29, 0.717) is 21.8 Å². The number of nitrogens with one attached hydrogen (secondary N) is 1. The Balaban J connectivity index is 2.28. The van der Waals surface area contributed by atoms with E-state index in [2.05, 4.69) is 21.2 Å². The van der Waals surface area contributed by atoms with Crippen molar-refractivity contribution in [2.45, 2.75) is 6.92 Å². The number of nitrogens with zero attached hydrogens (tertiary/aromatic N) is 1. The topological polar surface area (TPSA) is 52.9 Å². The van der Waals surface area contributed by atoms with Crippen molar-refractivity contribution >= 4 is 39.1 Å². The van der Waals surface area contributed by atoms with E-state index in [1.807, 2.05) is 25.1 Å². The minimum atomic E-state index is -0.227. The van der Waals surface area contributed by atoms with E-state index in [-0.39, 0.29) is 5.91 Å². The highest BCUT2D eigenvalue weighted by Crippen LogP contribution is 2.21. The maximum absolute atomic E-state index is 12.2. The van der Waals surface area contributed by atoms with Crippen LogP contribution in [0.5, 0.6) is 0 Å². The summed E-state index contributed by atoms with van der Waals surface area (Å²) in [6, 6.07) is 12.3. The van der Waals surface area contributed by atoms with Crippen LogP contribution < -0.4 is 5.32 Å². The summed E-state index contributed by atoms with van der Waals surface area (Å²) in [7, 11) is 0. The van der Waals surface area contributed by atoms with Gasteiger partial charge in [-0.3, -0.25) is 4.79 Å². The lowest BCUT2D eigenvalue weighted by atomic mass is 10.1. The van der Waals surface area contributed by atoms with Crippen LogP contribution in [-0.4, -0.2) is 5.91 Å². The number of hydrogen-bond donors (Lipinski definition) is 1. The number of carbonyl (C=O) groups excluding carboxylic acids is 1. The predicted molar refractivity (Wildman–Crippen MR) is 83.0 cm³/mol. The lowest BCUT2D eigenvalue weighted by Gasteiger charge is -2.09. The van der Waals surface area contributed by atoms with Gasteiger partial charge < -0.3 is 5.32 Å². The lowest BCUT2D eigenvalue weighted by Crippen LogP contribution is -2.13. The molecule has 0 saturated carbocycles. The van der Waals surface area contributed by atoms with E-state index in [0.717, 1.165) is 10.0 Å². The summed E-state index contributed by atoms with van der Waals surface area (Å²) < 4.78 is 0.835. The third-order valence-corrected chi connectivity index (χ3v) is 3.61. The molecule has 0 heterocycles. The van der Waals surface area contributed by atoms with Crippen LogP contribution in [0.4, 0.5) is 5.69 Å². The monoisotopic (exact) mass is 348 g/mol. The van der Waals surface area contributed by atoms with E-state index in [1.54, 1.807) is 24.3 Å². The zero-order chi connectivity index (χ0) is 14.7. The number of amides is 1. The molecule has 20 heavy (non-hydrogen) atoms. The third-order valence-electron chi connectivity index (χ3n) is 2.79. The average molecular weight is 350 g/mol. The fraction of sp³-hybridized carbons (Fsp3) is 0.0667. The third kappa shape index (κ3) is 3.19. The van der Waals surface area contributed by atoms with Crippen molar-refractivity contribution in [3.05, 3.63) is 62.6 Å². The molecular weight excluding hydrogens is 340 g/mol. The molecule has 0 unspecified atom stereocenters. The van der Waals surface area contributed by atoms with Gasteiger partial charge in [0.15, 0.2) is 0 Å². The molecule has 3 nitrogen and oxygen atoms in total. The van der Waals surface area contributed by atoms with Crippen molar-refractivity contribution in [2.24, 2.45) is 0 Å². The molecule has 0 atom stereocenters. The highest BCUT2D eigenvalue weighted by molar-refractivity contribution is 9.10. The second-order valence-electron chi connectivity index (χ2n) is 4.22. The quantitative estimate of drug-likeness (QED) is 0.865. The van der Waals surface area contributed by atoms with E-state index >= 15 is 0 Å². The van der Waals surface area contributed by atoms with Gasteiger partial charge in [0.05, 0.1) is 10.6 Å². The molecule has 1 N–H and O–H groups in total. The van der Waals surface area contributed by atoms with E-state index in [1.165, 1.54) is 0 Å². The number of aryl methyl sites for hydroxylation is 1. The molecule has 0 fully saturated rings. The Labute approximate surface area is 130 Å². The van der Waals surface area contributed by atoms with Crippen LogP contribution in [0.25, 0.3) is 0 Å². The fourth-order valence-electron chi connectivity index (χ4n) is 1.73. The number of nitriles is 1. The van der Waals surface area contributed by atoms with Gasteiger partial charge in [-0.25, -0.2) is 0 Å². The van der Waals surface area contributed by atoms with Gasteiger partial charge in [-0.15, -0.1) is 0 Å². The molecule has 0 radical (unpaired) electrons. The zero-order valence-electron chi connectivity index (χ0n) is 10.6. The summed E-state index contributed by atoms with van der Waals surface area (Å²) in [5.74, 6) is -0.227. The van der Waals surface area contributed by atoms with Crippen LogP contribution in [0, 0.1) is 18.3 Å². The van der Waals surface area contributed by atoms with Crippen molar-refractivity contribution in [3.63, 3.8) is 0 Å². The standard InChI is InChI=1S/C15H10BrClN2O/c1-9-2-3-11(16)7-13(9)15(20)19-12-4-5-14(17)10(6-12)8-18/h2-7H,1H3,(H,19,20). The summed E-state index contributed by atoms with van der Waals surface area (Å²) in [5.41, 5.74) is 2.32. The van der Waals surface area contributed by atoms with Crippen molar-refractivity contribution in [1.82, 2.24) is 0 Å². The molecule has 1 amide bonds. The first-order valence-electron chi connectivity index (χ1n) is 5.78. The molecule has 0 aliphatic carbocycles. The molecule has 5 heteroatoms. The molecular formula is C15H10BrClN2O. The van der Waals surface area contributed by atoms with Gasteiger partial charge in [0.2, 0.25) is 0 Å². The Bertz CT molecular complexity index is 722. The molecule has 0 aliphatic heterocycles. The summed E-state index contributed by atoms with van der Waals surface area (Å²) in [5, 5.41) is 12.0.